The van der Waals surface area contributed by atoms with Crippen LogP contribution in [0, 0.1) is 12.3 Å². The van der Waals surface area contributed by atoms with Gasteiger partial charge >= 0.3 is 0 Å². The lowest BCUT2D eigenvalue weighted by atomic mass is 10.2. The first kappa shape index (κ1) is 12.3. The van der Waals surface area contributed by atoms with Gasteiger partial charge in [0.05, 0.1) is 13.1 Å². The van der Waals surface area contributed by atoms with E-state index in [1.54, 1.807) is 11.9 Å². The van der Waals surface area contributed by atoms with Crippen LogP contribution in [0.2, 0.25) is 0 Å². The van der Waals surface area contributed by atoms with Crippen molar-refractivity contribution >= 4 is 5.91 Å². The number of likely N-dealkylation sites (N-methyl/N-ethyl adjacent to an activating group) is 1. The highest BCUT2D eigenvalue weighted by Crippen LogP contribution is 2.04. The first-order valence-electron chi connectivity index (χ1n) is 5.17. The molecule has 0 aliphatic rings. The second-order valence-electron chi connectivity index (χ2n) is 3.47. The van der Waals surface area contributed by atoms with Crippen LogP contribution in [0.5, 0.6) is 0 Å². The van der Waals surface area contributed by atoms with E-state index in [1.807, 2.05) is 30.3 Å². The minimum absolute atomic E-state index is 0.0179. The number of carbonyl (C=O) groups is 1. The average Bonchev–Trinajstić information content (AvgIpc) is 2.30. The van der Waals surface area contributed by atoms with Crippen LogP contribution in [-0.2, 0) is 11.3 Å². The third-order valence-corrected chi connectivity index (χ3v) is 2.18. The normalized spacial score (nSPS) is 9.50. The van der Waals surface area contributed by atoms with Crippen molar-refractivity contribution in [2.24, 2.45) is 0 Å². The van der Waals surface area contributed by atoms with Crippen molar-refractivity contribution < 1.29 is 4.79 Å². The number of benzene rings is 1. The van der Waals surface area contributed by atoms with Gasteiger partial charge in [-0.15, -0.1) is 6.42 Å². The Morgan fingerprint density at radius 2 is 2.12 bits per heavy atom. The van der Waals surface area contributed by atoms with Gasteiger partial charge in [-0.3, -0.25) is 4.79 Å². The smallest absolute Gasteiger partial charge is 0.237 e. The van der Waals surface area contributed by atoms with Crippen LogP contribution in [0.3, 0.4) is 0 Å². The number of hydrogen-bond acceptors (Lipinski definition) is 2. The molecule has 0 unspecified atom stereocenters. The zero-order chi connectivity index (χ0) is 11.8. The first-order valence-corrected chi connectivity index (χ1v) is 5.17. The molecule has 1 rings (SSSR count). The molecule has 3 heteroatoms. The van der Waals surface area contributed by atoms with Gasteiger partial charge in [0.1, 0.15) is 0 Å². The second-order valence-corrected chi connectivity index (χ2v) is 3.47. The van der Waals surface area contributed by atoms with Crippen molar-refractivity contribution in [1.29, 1.82) is 0 Å². The standard InChI is InChI=1S/C13H16N2O/c1-3-9-15(13(16)10-14-2)11-12-7-5-4-6-8-12/h1,4-8,14H,9-11H2,2H3. The lowest BCUT2D eigenvalue weighted by molar-refractivity contribution is -0.130. The Morgan fingerprint density at radius 1 is 1.44 bits per heavy atom. The number of nitrogens with one attached hydrogen (secondary N) is 1. The van der Waals surface area contributed by atoms with Crippen molar-refractivity contribution in [3.63, 3.8) is 0 Å². The Bertz CT molecular complexity index is 367. The van der Waals surface area contributed by atoms with Gasteiger partial charge in [-0.05, 0) is 12.6 Å². The van der Waals surface area contributed by atoms with Crippen LogP contribution in [-0.4, -0.2) is 30.9 Å². The fraction of sp³-hybridized carbons (Fsp3) is 0.308. The maximum Gasteiger partial charge on any atom is 0.237 e. The molecule has 0 heterocycles. The van der Waals surface area contributed by atoms with E-state index in [1.165, 1.54) is 0 Å². The highest BCUT2D eigenvalue weighted by Gasteiger charge is 2.11. The topological polar surface area (TPSA) is 32.3 Å². The quantitative estimate of drug-likeness (QED) is 0.741. The van der Waals surface area contributed by atoms with Crippen molar-refractivity contribution in [3.05, 3.63) is 35.9 Å². The molecule has 0 spiro atoms. The molecule has 1 aromatic rings. The van der Waals surface area contributed by atoms with Gasteiger partial charge < -0.3 is 10.2 Å². The van der Waals surface area contributed by atoms with E-state index in [9.17, 15) is 4.79 Å². The van der Waals surface area contributed by atoms with E-state index in [4.69, 9.17) is 6.42 Å². The Kier molecular flexibility index (Phi) is 5.10. The zero-order valence-electron chi connectivity index (χ0n) is 9.44. The number of nitrogens with zero attached hydrogens (tertiary/aromatic N) is 1. The molecule has 0 radical (unpaired) electrons. The maximum absolute atomic E-state index is 11.7. The summed E-state index contributed by atoms with van der Waals surface area (Å²) in [6.07, 6.45) is 5.25. The molecule has 0 aromatic heterocycles. The van der Waals surface area contributed by atoms with E-state index in [-0.39, 0.29) is 5.91 Å². The molecular weight excluding hydrogens is 200 g/mol. The Labute approximate surface area is 96.5 Å². The van der Waals surface area contributed by atoms with Crippen molar-refractivity contribution in [2.45, 2.75) is 6.54 Å². The number of rotatable bonds is 5. The molecular formula is C13H16N2O. The third-order valence-electron chi connectivity index (χ3n) is 2.18. The zero-order valence-corrected chi connectivity index (χ0v) is 9.44. The fourth-order valence-corrected chi connectivity index (χ4v) is 1.41. The predicted molar refractivity (Wildman–Crippen MR) is 64.6 cm³/mol. The molecule has 1 N–H and O–H groups in total. The third kappa shape index (κ3) is 3.76. The lowest BCUT2D eigenvalue weighted by Gasteiger charge is -2.20. The molecule has 0 aliphatic heterocycles. The summed E-state index contributed by atoms with van der Waals surface area (Å²) >= 11 is 0. The Morgan fingerprint density at radius 3 is 2.69 bits per heavy atom. The molecule has 16 heavy (non-hydrogen) atoms. The molecule has 0 aliphatic carbocycles. The second kappa shape index (κ2) is 6.65. The van der Waals surface area contributed by atoms with Gasteiger partial charge in [0, 0.05) is 6.54 Å². The summed E-state index contributed by atoms with van der Waals surface area (Å²) < 4.78 is 0. The summed E-state index contributed by atoms with van der Waals surface area (Å²) in [6, 6.07) is 9.81. The molecule has 84 valence electrons. The number of hydrogen-bond donors (Lipinski definition) is 1. The van der Waals surface area contributed by atoms with Crippen molar-refractivity contribution in [2.75, 3.05) is 20.1 Å². The molecule has 0 saturated carbocycles. The van der Waals surface area contributed by atoms with Gasteiger partial charge in [-0.2, -0.15) is 0 Å². The fourth-order valence-electron chi connectivity index (χ4n) is 1.41. The van der Waals surface area contributed by atoms with E-state index in [0.717, 1.165) is 5.56 Å². The van der Waals surface area contributed by atoms with E-state index >= 15 is 0 Å². The molecule has 0 saturated heterocycles. The van der Waals surface area contributed by atoms with Gasteiger partial charge in [-0.1, -0.05) is 36.3 Å². The van der Waals surface area contributed by atoms with E-state index < -0.39 is 0 Å². The van der Waals surface area contributed by atoms with Crippen LogP contribution in [0.4, 0.5) is 0 Å². The van der Waals surface area contributed by atoms with Crippen molar-refractivity contribution in [3.8, 4) is 12.3 Å². The van der Waals surface area contributed by atoms with Gasteiger partial charge in [0.2, 0.25) is 5.91 Å². The van der Waals surface area contributed by atoms with Crippen LogP contribution in [0.25, 0.3) is 0 Å². The van der Waals surface area contributed by atoms with Crippen LogP contribution in [0.15, 0.2) is 30.3 Å². The maximum atomic E-state index is 11.7. The van der Waals surface area contributed by atoms with E-state index in [2.05, 4.69) is 11.2 Å². The lowest BCUT2D eigenvalue weighted by Crippen LogP contribution is -2.36. The predicted octanol–water partition coefficient (Wildman–Crippen LogP) is 0.868. The summed E-state index contributed by atoms with van der Waals surface area (Å²) in [7, 11) is 1.74. The summed E-state index contributed by atoms with van der Waals surface area (Å²) in [6.45, 7) is 1.22. The number of terminal acetylenes is 1. The summed E-state index contributed by atoms with van der Waals surface area (Å²) in [5.74, 6) is 2.52. The molecule has 0 fully saturated rings. The number of amides is 1. The minimum atomic E-state index is 0.0179. The SMILES string of the molecule is C#CCN(Cc1ccccc1)C(=O)CNC. The number of carbonyl (C=O) groups excluding carboxylic acids is 1. The largest absolute Gasteiger partial charge is 0.326 e. The summed E-state index contributed by atoms with van der Waals surface area (Å²) in [5.41, 5.74) is 1.09. The van der Waals surface area contributed by atoms with Gasteiger partial charge in [0.25, 0.3) is 0 Å². The van der Waals surface area contributed by atoms with Gasteiger partial charge in [0.15, 0.2) is 0 Å². The minimum Gasteiger partial charge on any atom is -0.326 e. The van der Waals surface area contributed by atoms with Gasteiger partial charge in [-0.25, -0.2) is 0 Å². The average molecular weight is 216 g/mol. The first-order chi connectivity index (χ1) is 7.77. The molecule has 3 nitrogen and oxygen atoms in total. The summed E-state index contributed by atoms with van der Waals surface area (Å²) in [5, 5.41) is 2.83. The molecule has 0 atom stereocenters. The highest BCUT2D eigenvalue weighted by atomic mass is 16.2. The van der Waals surface area contributed by atoms with Crippen LogP contribution in [0.1, 0.15) is 5.56 Å². The highest BCUT2D eigenvalue weighted by molar-refractivity contribution is 5.78. The van der Waals surface area contributed by atoms with E-state index in [0.29, 0.717) is 19.6 Å². The van der Waals surface area contributed by atoms with Crippen molar-refractivity contribution in [1.82, 2.24) is 10.2 Å². The molecule has 0 bridgehead atoms. The van der Waals surface area contributed by atoms with Crippen LogP contribution >= 0.6 is 0 Å². The Hall–Kier alpha value is -1.79. The molecule has 1 amide bonds. The van der Waals surface area contributed by atoms with Crippen LogP contribution < -0.4 is 5.32 Å². The Balaban J connectivity index is 2.65. The monoisotopic (exact) mass is 216 g/mol. The molecule has 1 aromatic carbocycles. The summed E-state index contributed by atoms with van der Waals surface area (Å²) in [4.78, 5) is 13.4.